The Morgan fingerprint density at radius 2 is 1.79 bits per heavy atom. The number of halogens is 4. The molecule has 0 saturated heterocycles. The molecule has 0 unspecified atom stereocenters. The van der Waals surface area contributed by atoms with Gasteiger partial charge in [-0.1, -0.05) is 46.4 Å². The van der Waals surface area contributed by atoms with E-state index in [9.17, 15) is 0 Å². The number of rotatable bonds is 2. The monoisotopic (exact) mass is 330 g/mol. The van der Waals surface area contributed by atoms with Gasteiger partial charge in [0.2, 0.25) is 0 Å². The average Bonchev–Trinajstić information content (AvgIpc) is 2.36. The van der Waals surface area contributed by atoms with Gasteiger partial charge in [-0.15, -0.1) is 0 Å². The molecule has 0 amide bonds. The first-order chi connectivity index (χ1) is 9.02. The summed E-state index contributed by atoms with van der Waals surface area (Å²) in [5, 5.41) is 10.1. The molecule has 96 valence electrons. The summed E-state index contributed by atoms with van der Waals surface area (Å²) >= 11 is 24.2. The first-order valence-electron chi connectivity index (χ1n) is 5.19. The molecule has 0 aliphatic rings. The van der Waals surface area contributed by atoms with Gasteiger partial charge in [-0.25, -0.2) is 4.98 Å². The van der Waals surface area contributed by atoms with Gasteiger partial charge in [0.15, 0.2) is 0 Å². The molecule has 0 atom stereocenters. The Morgan fingerprint density at radius 1 is 1.05 bits per heavy atom. The van der Waals surface area contributed by atoms with E-state index in [1.165, 1.54) is 0 Å². The molecule has 0 spiro atoms. The highest BCUT2D eigenvalue weighted by Crippen LogP contribution is 2.39. The molecule has 0 radical (unpaired) electrons. The summed E-state index contributed by atoms with van der Waals surface area (Å²) < 4.78 is 0. The van der Waals surface area contributed by atoms with Crippen molar-refractivity contribution in [1.82, 2.24) is 4.98 Å². The molecule has 6 heteroatoms. The lowest BCUT2D eigenvalue weighted by molar-refractivity contribution is 1.19. The molecule has 19 heavy (non-hydrogen) atoms. The van der Waals surface area contributed by atoms with Crippen LogP contribution in [0.5, 0.6) is 0 Å². The van der Waals surface area contributed by atoms with Gasteiger partial charge in [0, 0.05) is 22.3 Å². The van der Waals surface area contributed by atoms with E-state index in [2.05, 4.69) is 11.1 Å². The molecule has 0 bridgehead atoms. The van der Waals surface area contributed by atoms with Gasteiger partial charge in [-0.05, 0) is 23.8 Å². The number of hydrogen-bond donors (Lipinski definition) is 0. The van der Waals surface area contributed by atoms with Gasteiger partial charge < -0.3 is 0 Å². The fourth-order valence-electron chi connectivity index (χ4n) is 1.62. The van der Waals surface area contributed by atoms with Crippen molar-refractivity contribution >= 4 is 46.4 Å². The van der Waals surface area contributed by atoms with E-state index in [0.29, 0.717) is 26.2 Å². The van der Waals surface area contributed by atoms with Gasteiger partial charge in [-0.3, -0.25) is 0 Å². The number of benzene rings is 1. The van der Waals surface area contributed by atoms with E-state index in [1.807, 2.05) is 0 Å². The predicted octanol–water partition coefficient (Wildman–Crippen LogP) is 5.43. The summed E-state index contributed by atoms with van der Waals surface area (Å²) in [4.78, 5) is 4.04. The van der Waals surface area contributed by atoms with Gasteiger partial charge in [0.25, 0.3) is 0 Å². The third-order valence-corrected chi connectivity index (χ3v) is 3.78. The maximum atomic E-state index is 8.71. The zero-order valence-corrected chi connectivity index (χ0v) is 12.4. The van der Waals surface area contributed by atoms with Crippen LogP contribution in [0.25, 0.3) is 11.1 Å². The SMILES string of the molecule is N#CCc1cnc(Cl)c(-c2cc(Cl)cc(Cl)c2Cl)c1. The van der Waals surface area contributed by atoms with Crippen LogP contribution in [0.4, 0.5) is 0 Å². The molecule has 1 aromatic carbocycles. The number of nitriles is 1. The first kappa shape index (κ1) is 14.4. The van der Waals surface area contributed by atoms with Crippen LogP contribution in [0.15, 0.2) is 24.4 Å². The molecule has 0 aliphatic heterocycles. The fourth-order valence-corrected chi connectivity index (χ4v) is 2.53. The van der Waals surface area contributed by atoms with E-state index in [-0.39, 0.29) is 11.6 Å². The zero-order chi connectivity index (χ0) is 14.0. The summed E-state index contributed by atoms with van der Waals surface area (Å²) in [6.07, 6.45) is 1.79. The standard InChI is InChI=1S/C13H6Cl4N2/c14-8-4-9(12(16)11(15)5-8)10-3-7(1-2-18)6-19-13(10)17/h3-6H,1H2. The van der Waals surface area contributed by atoms with Crippen LogP contribution in [0, 0.1) is 11.3 Å². The van der Waals surface area contributed by atoms with Crippen LogP contribution in [-0.2, 0) is 6.42 Å². The Balaban J connectivity index is 2.65. The minimum Gasteiger partial charge on any atom is -0.244 e. The normalized spacial score (nSPS) is 10.3. The van der Waals surface area contributed by atoms with Crippen molar-refractivity contribution in [1.29, 1.82) is 5.26 Å². The maximum Gasteiger partial charge on any atom is 0.136 e. The van der Waals surface area contributed by atoms with Crippen LogP contribution in [0.1, 0.15) is 5.56 Å². The number of pyridine rings is 1. The Kier molecular flexibility index (Phi) is 4.54. The van der Waals surface area contributed by atoms with Crippen LogP contribution in [0.3, 0.4) is 0 Å². The summed E-state index contributed by atoms with van der Waals surface area (Å²) in [6.45, 7) is 0. The van der Waals surface area contributed by atoms with Crippen molar-refractivity contribution < 1.29 is 0 Å². The molecule has 2 aromatic rings. The molecule has 2 nitrogen and oxygen atoms in total. The van der Waals surface area contributed by atoms with E-state index in [0.717, 1.165) is 5.56 Å². The molecule has 0 saturated carbocycles. The van der Waals surface area contributed by atoms with Crippen molar-refractivity contribution in [2.24, 2.45) is 0 Å². The number of aromatic nitrogens is 1. The van der Waals surface area contributed by atoms with E-state index in [4.69, 9.17) is 51.7 Å². The van der Waals surface area contributed by atoms with Gasteiger partial charge in [0.05, 0.1) is 22.5 Å². The Bertz CT molecular complexity index is 677. The van der Waals surface area contributed by atoms with E-state index < -0.39 is 0 Å². The van der Waals surface area contributed by atoms with E-state index in [1.54, 1.807) is 24.4 Å². The molecule has 0 N–H and O–H groups in total. The summed E-state index contributed by atoms with van der Waals surface area (Å²) in [5.74, 6) is 0. The number of nitrogens with zero attached hydrogens (tertiary/aromatic N) is 2. The molecule has 1 aromatic heterocycles. The Morgan fingerprint density at radius 3 is 2.47 bits per heavy atom. The molecule has 0 fully saturated rings. The lowest BCUT2D eigenvalue weighted by atomic mass is 10.0. The molecular weight excluding hydrogens is 326 g/mol. The van der Waals surface area contributed by atoms with Crippen LogP contribution >= 0.6 is 46.4 Å². The Hall–Kier alpha value is -0.980. The summed E-state index contributed by atoms with van der Waals surface area (Å²) in [7, 11) is 0. The summed E-state index contributed by atoms with van der Waals surface area (Å²) in [6, 6.07) is 7.02. The quantitative estimate of drug-likeness (QED) is 0.543. The van der Waals surface area contributed by atoms with Crippen molar-refractivity contribution in [3.8, 4) is 17.2 Å². The van der Waals surface area contributed by atoms with Crippen LogP contribution in [0.2, 0.25) is 20.2 Å². The topological polar surface area (TPSA) is 36.7 Å². The second-order valence-electron chi connectivity index (χ2n) is 3.77. The first-order valence-corrected chi connectivity index (χ1v) is 6.70. The average molecular weight is 332 g/mol. The van der Waals surface area contributed by atoms with Gasteiger partial charge in [0.1, 0.15) is 5.15 Å². The highest BCUT2D eigenvalue weighted by Gasteiger charge is 2.13. The second kappa shape index (κ2) is 5.98. The second-order valence-corrected chi connectivity index (χ2v) is 5.35. The van der Waals surface area contributed by atoms with Crippen molar-refractivity contribution in [2.45, 2.75) is 6.42 Å². The third-order valence-electron chi connectivity index (χ3n) is 2.46. The molecule has 2 rings (SSSR count). The van der Waals surface area contributed by atoms with Crippen molar-refractivity contribution in [2.75, 3.05) is 0 Å². The van der Waals surface area contributed by atoms with Crippen molar-refractivity contribution in [3.05, 3.63) is 50.2 Å². The highest BCUT2D eigenvalue weighted by molar-refractivity contribution is 6.45. The fraction of sp³-hybridized carbons (Fsp3) is 0.0769. The lowest BCUT2D eigenvalue weighted by Crippen LogP contribution is -1.90. The van der Waals surface area contributed by atoms with Gasteiger partial charge >= 0.3 is 0 Å². The maximum absolute atomic E-state index is 8.71. The van der Waals surface area contributed by atoms with Crippen LogP contribution < -0.4 is 0 Å². The smallest absolute Gasteiger partial charge is 0.136 e. The Labute approximate surface area is 130 Å². The molecular formula is C13H6Cl4N2. The minimum absolute atomic E-state index is 0.239. The third kappa shape index (κ3) is 3.13. The predicted molar refractivity (Wildman–Crippen MR) is 79.0 cm³/mol. The highest BCUT2D eigenvalue weighted by atomic mass is 35.5. The van der Waals surface area contributed by atoms with Crippen LogP contribution in [-0.4, -0.2) is 4.98 Å². The lowest BCUT2D eigenvalue weighted by Gasteiger charge is -2.09. The molecule has 1 heterocycles. The summed E-state index contributed by atoms with van der Waals surface area (Å²) in [5.41, 5.74) is 1.94. The zero-order valence-electron chi connectivity index (χ0n) is 9.42. The largest absolute Gasteiger partial charge is 0.244 e. The molecule has 0 aliphatic carbocycles. The van der Waals surface area contributed by atoms with Gasteiger partial charge in [-0.2, -0.15) is 5.26 Å². The van der Waals surface area contributed by atoms with Crippen molar-refractivity contribution in [3.63, 3.8) is 0 Å². The number of hydrogen-bond acceptors (Lipinski definition) is 2. The van der Waals surface area contributed by atoms with E-state index >= 15 is 0 Å². The minimum atomic E-state index is 0.239.